The van der Waals surface area contributed by atoms with Crippen LogP contribution in [0.4, 0.5) is 0 Å². The van der Waals surface area contributed by atoms with Crippen molar-refractivity contribution in [3.63, 3.8) is 0 Å². The van der Waals surface area contributed by atoms with Gasteiger partial charge in [0.1, 0.15) is 12.3 Å². The molecule has 0 bridgehead atoms. The van der Waals surface area contributed by atoms with Gasteiger partial charge in [-0.1, -0.05) is 18.2 Å². The van der Waals surface area contributed by atoms with Gasteiger partial charge in [-0.2, -0.15) is 0 Å². The normalized spacial score (nSPS) is 17.5. The molecule has 1 N–H and O–H groups in total. The molecule has 6 heteroatoms. The van der Waals surface area contributed by atoms with Gasteiger partial charge in [0.2, 0.25) is 12.5 Å². The van der Waals surface area contributed by atoms with Crippen LogP contribution in [0.5, 0.6) is 23.0 Å². The zero-order chi connectivity index (χ0) is 19.7. The van der Waals surface area contributed by atoms with E-state index < -0.39 is 0 Å². The molecule has 0 amide bonds. The van der Waals surface area contributed by atoms with Gasteiger partial charge in [0.05, 0.1) is 38.9 Å². The van der Waals surface area contributed by atoms with E-state index in [4.69, 9.17) is 18.9 Å². The summed E-state index contributed by atoms with van der Waals surface area (Å²) in [5, 5.41) is 0. The number of ketones is 1. The third kappa shape index (κ3) is 3.20. The van der Waals surface area contributed by atoms with Crippen LogP contribution in [0.15, 0.2) is 30.3 Å². The Bertz CT molecular complexity index is 950. The highest BCUT2D eigenvalue weighted by atomic mass is 16.7. The average molecular weight is 382 g/mol. The van der Waals surface area contributed by atoms with Gasteiger partial charge >= 0.3 is 0 Å². The number of benzene rings is 2. The quantitative estimate of drug-likeness (QED) is 0.632. The number of likely N-dealkylation sites (N-methyl/N-ethyl adjacent to an activating group) is 1. The first-order valence-electron chi connectivity index (χ1n) is 9.31. The lowest BCUT2D eigenvalue weighted by molar-refractivity contribution is -0.895. The SMILES string of the molecule is COc1cccc(/C=C/C(=O)c2c3c(c(OC)c4c2OCO4)C[NH+](C)CC3)c1. The monoisotopic (exact) mass is 382 g/mol. The summed E-state index contributed by atoms with van der Waals surface area (Å²) in [5.41, 5.74) is 3.53. The van der Waals surface area contributed by atoms with Crippen molar-refractivity contribution >= 4 is 11.9 Å². The van der Waals surface area contributed by atoms with Crippen molar-refractivity contribution in [3.8, 4) is 23.0 Å². The summed E-state index contributed by atoms with van der Waals surface area (Å²) in [4.78, 5) is 14.6. The fraction of sp³-hybridized carbons (Fsp3) is 0.318. The summed E-state index contributed by atoms with van der Waals surface area (Å²) in [6.45, 7) is 1.84. The fourth-order valence-electron chi connectivity index (χ4n) is 3.86. The lowest BCUT2D eigenvalue weighted by Gasteiger charge is -2.26. The zero-order valence-electron chi connectivity index (χ0n) is 16.3. The minimum Gasteiger partial charge on any atom is -0.497 e. The van der Waals surface area contributed by atoms with Gasteiger partial charge in [-0.25, -0.2) is 0 Å². The maximum absolute atomic E-state index is 13.2. The molecule has 0 fully saturated rings. The third-order valence-electron chi connectivity index (χ3n) is 5.24. The molecule has 146 valence electrons. The maximum Gasteiger partial charge on any atom is 0.231 e. The molecular weight excluding hydrogens is 358 g/mol. The summed E-state index contributed by atoms with van der Waals surface area (Å²) in [6, 6.07) is 7.58. The summed E-state index contributed by atoms with van der Waals surface area (Å²) in [6.07, 6.45) is 4.18. The zero-order valence-corrected chi connectivity index (χ0v) is 16.3. The average Bonchev–Trinajstić information content (AvgIpc) is 3.19. The Kier molecular flexibility index (Phi) is 4.96. The van der Waals surface area contributed by atoms with Crippen LogP contribution in [0, 0.1) is 0 Å². The standard InChI is InChI=1S/C22H23NO5/c1-23-10-9-16-17(12-23)20(26-3)22-21(27-13-28-22)19(16)18(24)8-7-14-5-4-6-15(11-14)25-2/h4-8,11H,9-10,12-13H2,1-3H3/p+1/b8-7+. The summed E-state index contributed by atoms with van der Waals surface area (Å²) in [7, 11) is 5.39. The molecule has 1 atom stereocenters. The second kappa shape index (κ2) is 7.56. The van der Waals surface area contributed by atoms with E-state index >= 15 is 0 Å². The van der Waals surface area contributed by atoms with Gasteiger partial charge in [0, 0.05) is 6.42 Å². The molecule has 0 aliphatic carbocycles. The van der Waals surface area contributed by atoms with Crippen LogP contribution in [0.2, 0.25) is 0 Å². The summed E-state index contributed by atoms with van der Waals surface area (Å²) < 4.78 is 22.2. The molecule has 1 unspecified atom stereocenters. The Morgan fingerprint density at radius 3 is 2.75 bits per heavy atom. The smallest absolute Gasteiger partial charge is 0.231 e. The molecule has 4 rings (SSSR count). The van der Waals surface area contributed by atoms with Crippen LogP contribution < -0.4 is 23.8 Å². The van der Waals surface area contributed by atoms with E-state index in [0.717, 1.165) is 42.0 Å². The van der Waals surface area contributed by atoms with Crippen molar-refractivity contribution in [3.05, 3.63) is 52.6 Å². The largest absolute Gasteiger partial charge is 0.497 e. The number of ether oxygens (including phenoxy) is 4. The second-order valence-electron chi connectivity index (χ2n) is 7.04. The molecule has 28 heavy (non-hydrogen) atoms. The number of allylic oxidation sites excluding steroid dienone is 1. The highest BCUT2D eigenvalue weighted by molar-refractivity contribution is 6.11. The molecule has 0 saturated heterocycles. The van der Waals surface area contributed by atoms with Crippen LogP contribution in [0.1, 0.15) is 27.0 Å². The number of carbonyl (C=O) groups is 1. The Balaban J connectivity index is 1.77. The summed E-state index contributed by atoms with van der Waals surface area (Å²) in [5.74, 6) is 2.38. The Morgan fingerprint density at radius 2 is 1.96 bits per heavy atom. The molecule has 2 aromatic carbocycles. The van der Waals surface area contributed by atoms with E-state index in [1.54, 1.807) is 26.4 Å². The van der Waals surface area contributed by atoms with Crippen molar-refractivity contribution in [2.75, 3.05) is 34.6 Å². The predicted molar refractivity (Wildman–Crippen MR) is 105 cm³/mol. The minimum absolute atomic E-state index is 0.0944. The molecule has 0 saturated carbocycles. The molecule has 2 aromatic rings. The number of hydrogen-bond donors (Lipinski definition) is 1. The van der Waals surface area contributed by atoms with E-state index in [0.29, 0.717) is 22.8 Å². The number of nitrogens with one attached hydrogen (secondary N) is 1. The first kappa shape index (κ1) is 18.4. The van der Waals surface area contributed by atoms with E-state index in [1.165, 1.54) is 4.90 Å². The molecular formula is C22H24NO5+. The lowest BCUT2D eigenvalue weighted by atomic mass is 9.90. The number of rotatable bonds is 5. The van der Waals surface area contributed by atoms with Gasteiger partial charge in [-0.15, -0.1) is 0 Å². The van der Waals surface area contributed by atoms with Gasteiger partial charge in [-0.05, 0) is 29.3 Å². The van der Waals surface area contributed by atoms with E-state index in [2.05, 4.69) is 7.05 Å². The van der Waals surface area contributed by atoms with Crippen LogP contribution >= 0.6 is 0 Å². The van der Waals surface area contributed by atoms with Gasteiger partial charge in [-0.3, -0.25) is 4.79 Å². The summed E-state index contributed by atoms with van der Waals surface area (Å²) >= 11 is 0. The minimum atomic E-state index is -0.0944. The first-order valence-corrected chi connectivity index (χ1v) is 9.31. The fourth-order valence-corrected chi connectivity index (χ4v) is 3.86. The van der Waals surface area contributed by atoms with Crippen LogP contribution in [0.25, 0.3) is 6.08 Å². The molecule has 2 aliphatic heterocycles. The molecule has 0 spiro atoms. The van der Waals surface area contributed by atoms with E-state index in [-0.39, 0.29) is 12.6 Å². The van der Waals surface area contributed by atoms with Crippen molar-refractivity contribution < 1.29 is 28.6 Å². The molecule has 2 heterocycles. The van der Waals surface area contributed by atoms with Crippen molar-refractivity contribution in [1.29, 1.82) is 0 Å². The number of hydrogen-bond acceptors (Lipinski definition) is 5. The Hall–Kier alpha value is -2.99. The molecule has 2 aliphatic rings. The highest BCUT2D eigenvalue weighted by Crippen LogP contribution is 2.48. The molecule has 6 nitrogen and oxygen atoms in total. The van der Waals surface area contributed by atoms with Crippen molar-refractivity contribution in [1.82, 2.24) is 0 Å². The van der Waals surface area contributed by atoms with Gasteiger partial charge in [0.25, 0.3) is 0 Å². The lowest BCUT2D eigenvalue weighted by Crippen LogP contribution is -3.08. The Morgan fingerprint density at radius 1 is 1.14 bits per heavy atom. The number of carbonyl (C=O) groups excluding carboxylic acids is 1. The van der Waals surface area contributed by atoms with Crippen LogP contribution in [-0.4, -0.2) is 40.4 Å². The van der Waals surface area contributed by atoms with Gasteiger partial charge in [0.15, 0.2) is 17.3 Å². The molecule has 0 radical (unpaired) electrons. The van der Waals surface area contributed by atoms with E-state index in [1.807, 2.05) is 24.3 Å². The first-order chi connectivity index (χ1) is 13.6. The molecule has 0 aromatic heterocycles. The topological polar surface area (TPSA) is 58.4 Å². The third-order valence-corrected chi connectivity index (χ3v) is 5.24. The number of methoxy groups -OCH3 is 2. The number of quaternary nitrogens is 1. The van der Waals surface area contributed by atoms with E-state index in [9.17, 15) is 4.79 Å². The van der Waals surface area contributed by atoms with Crippen molar-refractivity contribution in [2.45, 2.75) is 13.0 Å². The Labute approximate surface area is 164 Å². The van der Waals surface area contributed by atoms with Crippen molar-refractivity contribution in [2.24, 2.45) is 0 Å². The maximum atomic E-state index is 13.2. The van der Waals surface area contributed by atoms with Gasteiger partial charge < -0.3 is 23.8 Å². The second-order valence-corrected chi connectivity index (χ2v) is 7.04. The highest BCUT2D eigenvalue weighted by Gasteiger charge is 2.35. The van der Waals surface area contributed by atoms with Crippen LogP contribution in [-0.2, 0) is 13.0 Å². The van der Waals surface area contributed by atoms with Crippen LogP contribution in [0.3, 0.4) is 0 Å². The predicted octanol–water partition coefficient (Wildman–Crippen LogP) is 1.90. The number of fused-ring (bicyclic) bond motifs is 2.